The van der Waals surface area contributed by atoms with Gasteiger partial charge in [0.15, 0.2) is 5.78 Å². The van der Waals surface area contributed by atoms with Crippen molar-refractivity contribution < 1.29 is 17.9 Å². The zero-order valence-electron chi connectivity index (χ0n) is 21.4. The van der Waals surface area contributed by atoms with Gasteiger partial charge >= 0.3 is 0 Å². The van der Waals surface area contributed by atoms with Crippen LogP contribution in [0.5, 0.6) is 5.75 Å². The number of Topliss-reactive ketones (excluding diaryl/α,β-unsaturated/α-hetero) is 1. The van der Waals surface area contributed by atoms with Gasteiger partial charge in [-0.1, -0.05) is 45.0 Å². The predicted molar refractivity (Wildman–Crippen MR) is 139 cm³/mol. The van der Waals surface area contributed by atoms with Crippen molar-refractivity contribution in [2.45, 2.75) is 44.6 Å². The number of carbonyl (C=O) groups is 1. The van der Waals surface area contributed by atoms with E-state index in [4.69, 9.17) is 4.74 Å². The van der Waals surface area contributed by atoms with E-state index in [0.717, 1.165) is 37.2 Å². The quantitative estimate of drug-likeness (QED) is 0.444. The van der Waals surface area contributed by atoms with Crippen molar-refractivity contribution in [1.29, 1.82) is 0 Å². The van der Waals surface area contributed by atoms with Crippen LogP contribution < -0.4 is 10.1 Å². The average molecular weight is 502 g/mol. The molecule has 192 valence electrons. The molecule has 0 radical (unpaired) electrons. The lowest BCUT2D eigenvalue weighted by Gasteiger charge is -2.30. The number of sulfonamides is 1. The van der Waals surface area contributed by atoms with Crippen LogP contribution in [0.25, 0.3) is 0 Å². The van der Waals surface area contributed by atoms with Gasteiger partial charge in [-0.2, -0.15) is 4.31 Å². The normalized spacial score (nSPS) is 16.4. The van der Waals surface area contributed by atoms with Crippen molar-refractivity contribution in [1.82, 2.24) is 14.5 Å². The molecule has 1 saturated heterocycles. The molecule has 1 unspecified atom stereocenters. The molecule has 2 aromatic rings. The maximum absolute atomic E-state index is 13.1. The molecule has 1 atom stereocenters. The third-order valence-corrected chi connectivity index (χ3v) is 8.81. The highest BCUT2D eigenvalue weighted by atomic mass is 32.2. The predicted octanol–water partition coefficient (Wildman–Crippen LogP) is 3.97. The van der Waals surface area contributed by atoms with Crippen LogP contribution in [0.4, 0.5) is 0 Å². The van der Waals surface area contributed by atoms with Gasteiger partial charge in [0.1, 0.15) is 5.75 Å². The lowest BCUT2D eigenvalue weighted by atomic mass is 10.0. The number of piperidine rings is 1. The number of hydrogen-bond donors (Lipinski definition) is 1. The SMILES string of the molecule is CCN(CC)C(CNCC(=O)c1cccc(S(=O)(=O)N2CCC(C)CC2)c1)c1ccc(OC)cc1. The minimum atomic E-state index is -3.59. The third-order valence-electron chi connectivity index (χ3n) is 6.91. The number of rotatable bonds is 12. The van der Waals surface area contributed by atoms with E-state index in [1.807, 2.05) is 12.1 Å². The fourth-order valence-electron chi connectivity index (χ4n) is 4.58. The van der Waals surface area contributed by atoms with E-state index in [-0.39, 0.29) is 23.3 Å². The molecule has 1 aliphatic rings. The third kappa shape index (κ3) is 6.91. The smallest absolute Gasteiger partial charge is 0.243 e. The number of nitrogens with zero attached hydrogens (tertiary/aromatic N) is 2. The second kappa shape index (κ2) is 12.6. The molecule has 3 rings (SSSR count). The Balaban J connectivity index is 1.66. The van der Waals surface area contributed by atoms with Crippen LogP contribution in [-0.4, -0.2) is 69.8 Å². The van der Waals surface area contributed by atoms with Crippen molar-refractivity contribution >= 4 is 15.8 Å². The van der Waals surface area contributed by atoms with E-state index < -0.39 is 10.0 Å². The molecule has 1 heterocycles. The van der Waals surface area contributed by atoms with Gasteiger partial charge < -0.3 is 10.1 Å². The van der Waals surface area contributed by atoms with Crippen molar-refractivity contribution in [2.24, 2.45) is 5.92 Å². The summed E-state index contributed by atoms with van der Waals surface area (Å²) in [5.41, 5.74) is 1.56. The van der Waals surface area contributed by atoms with Crippen LogP contribution in [0.2, 0.25) is 0 Å². The van der Waals surface area contributed by atoms with Gasteiger partial charge in [-0.25, -0.2) is 8.42 Å². The van der Waals surface area contributed by atoms with E-state index in [2.05, 4.69) is 43.1 Å². The molecule has 35 heavy (non-hydrogen) atoms. The molecular formula is C27H39N3O4S. The highest BCUT2D eigenvalue weighted by Gasteiger charge is 2.28. The van der Waals surface area contributed by atoms with Gasteiger partial charge in [-0.05, 0) is 61.7 Å². The Hall–Kier alpha value is -2.26. The van der Waals surface area contributed by atoms with Crippen molar-refractivity contribution in [3.63, 3.8) is 0 Å². The number of benzene rings is 2. The topological polar surface area (TPSA) is 79.0 Å². The first kappa shape index (κ1) is 27.3. The molecule has 0 aromatic heterocycles. The first-order valence-corrected chi connectivity index (χ1v) is 14.0. The molecule has 8 heteroatoms. The number of ether oxygens (including phenoxy) is 1. The van der Waals surface area contributed by atoms with Gasteiger partial charge in [-0.15, -0.1) is 0 Å². The largest absolute Gasteiger partial charge is 0.497 e. The molecule has 0 bridgehead atoms. The van der Waals surface area contributed by atoms with E-state index >= 15 is 0 Å². The maximum Gasteiger partial charge on any atom is 0.243 e. The van der Waals surface area contributed by atoms with E-state index in [9.17, 15) is 13.2 Å². The lowest BCUT2D eigenvalue weighted by molar-refractivity contribution is 0.0986. The number of likely N-dealkylation sites (N-methyl/N-ethyl adjacent to an activating group) is 1. The molecule has 0 spiro atoms. The zero-order chi connectivity index (χ0) is 25.4. The Morgan fingerprint density at radius 1 is 1.11 bits per heavy atom. The first-order valence-electron chi connectivity index (χ1n) is 12.5. The van der Waals surface area contributed by atoms with Gasteiger partial charge in [0.05, 0.1) is 18.6 Å². The number of hydrogen-bond acceptors (Lipinski definition) is 6. The molecule has 0 aliphatic carbocycles. The Morgan fingerprint density at radius 2 is 1.77 bits per heavy atom. The molecule has 1 fully saturated rings. The standard InChI is InChI=1S/C27H39N3O4S/c1-5-29(6-2)26(22-10-12-24(34-4)13-11-22)19-28-20-27(31)23-8-7-9-25(18-23)35(32,33)30-16-14-21(3)15-17-30/h7-13,18,21,26,28H,5-6,14-17,19-20H2,1-4H3. The monoisotopic (exact) mass is 501 g/mol. The summed E-state index contributed by atoms with van der Waals surface area (Å²) in [5.74, 6) is 1.23. The maximum atomic E-state index is 13.1. The van der Waals surface area contributed by atoms with Crippen LogP contribution in [0.1, 0.15) is 55.6 Å². The fourth-order valence-corrected chi connectivity index (χ4v) is 6.09. The minimum absolute atomic E-state index is 0.108. The Labute approximate surface area is 210 Å². The van der Waals surface area contributed by atoms with Crippen molar-refractivity contribution in [3.8, 4) is 5.75 Å². The molecular weight excluding hydrogens is 462 g/mol. The number of ketones is 1. The van der Waals surface area contributed by atoms with E-state index in [1.54, 1.807) is 29.6 Å². The summed E-state index contributed by atoms with van der Waals surface area (Å²) in [6, 6.07) is 14.6. The van der Waals surface area contributed by atoms with Crippen molar-refractivity contribution in [2.75, 3.05) is 46.4 Å². The summed E-state index contributed by atoms with van der Waals surface area (Å²) in [6.07, 6.45) is 1.73. The molecule has 7 nitrogen and oxygen atoms in total. The van der Waals surface area contributed by atoms with Gasteiger partial charge in [0, 0.05) is 31.2 Å². The average Bonchev–Trinajstić information content (AvgIpc) is 2.88. The van der Waals surface area contributed by atoms with Crippen LogP contribution >= 0.6 is 0 Å². The number of nitrogens with one attached hydrogen (secondary N) is 1. The van der Waals surface area contributed by atoms with Gasteiger partial charge in [-0.3, -0.25) is 9.69 Å². The Bertz CT molecular complexity index is 1060. The molecule has 0 saturated carbocycles. The highest BCUT2D eigenvalue weighted by Crippen LogP contribution is 2.25. The first-order chi connectivity index (χ1) is 16.8. The van der Waals surface area contributed by atoms with Crippen LogP contribution in [0.3, 0.4) is 0 Å². The fraction of sp³-hybridized carbons (Fsp3) is 0.519. The molecule has 2 aromatic carbocycles. The Kier molecular flexibility index (Phi) is 9.86. The minimum Gasteiger partial charge on any atom is -0.497 e. The van der Waals surface area contributed by atoms with Crippen LogP contribution in [-0.2, 0) is 10.0 Å². The second-order valence-electron chi connectivity index (χ2n) is 9.18. The zero-order valence-corrected chi connectivity index (χ0v) is 22.2. The molecule has 0 amide bonds. The highest BCUT2D eigenvalue weighted by molar-refractivity contribution is 7.89. The van der Waals surface area contributed by atoms with Crippen molar-refractivity contribution in [3.05, 3.63) is 59.7 Å². The van der Waals surface area contributed by atoms with Gasteiger partial charge in [0.2, 0.25) is 10.0 Å². The summed E-state index contributed by atoms with van der Waals surface area (Å²) in [7, 11) is -1.94. The summed E-state index contributed by atoms with van der Waals surface area (Å²) in [5, 5.41) is 3.30. The van der Waals surface area contributed by atoms with E-state index in [1.165, 1.54) is 6.07 Å². The molecule has 1 aliphatic heterocycles. The summed E-state index contributed by atoms with van der Waals surface area (Å²) < 4.78 is 33.0. The summed E-state index contributed by atoms with van der Waals surface area (Å²) >= 11 is 0. The molecule has 1 N–H and O–H groups in total. The lowest BCUT2D eigenvalue weighted by Crippen LogP contribution is -2.38. The summed E-state index contributed by atoms with van der Waals surface area (Å²) in [6.45, 7) is 9.97. The van der Waals surface area contributed by atoms with Crippen LogP contribution in [0.15, 0.2) is 53.4 Å². The second-order valence-corrected chi connectivity index (χ2v) is 11.1. The summed E-state index contributed by atoms with van der Waals surface area (Å²) in [4.78, 5) is 15.5. The van der Waals surface area contributed by atoms with Gasteiger partial charge in [0.25, 0.3) is 0 Å². The van der Waals surface area contributed by atoms with Crippen LogP contribution in [0, 0.1) is 5.92 Å². The number of carbonyl (C=O) groups excluding carboxylic acids is 1. The number of methoxy groups -OCH3 is 1. The van der Waals surface area contributed by atoms with E-state index in [0.29, 0.717) is 31.1 Å². The Morgan fingerprint density at radius 3 is 2.37 bits per heavy atom.